The molecule has 0 spiro atoms. The lowest BCUT2D eigenvalue weighted by Crippen LogP contribution is -2.37. The van der Waals surface area contributed by atoms with E-state index in [-0.39, 0.29) is 5.56 Å². The van der Waals surface area contributed by atoms with Crippen LogP contribution in [-0.2, 0) is 13.1 Å². The Kier molecular flexibility index (Phi) is 7.22. The van der Waals surface area contributed by atoms with Gasteiger partial charge in [-0.1, -0.05) is 23.8 Å². The Balaban J connectivity index is 1.40. The van der Waals surface area contributed by atoms with Gasteiger partial charge in [0.2, 0.25) is 11.4 Å². The van der Waals surface area contributed by atoms with Crippen molar-refractivity contribution in [1.29, 1.82) is 0 Å². The summed E-state index contributed by atoms with van der Waals surface area (Å²) in [5.74, 6) is 1.32. The van der Waals surface area contributed by atoms with Crippen LogP contribution in [-0.4, -0.2) is 29.1 Å². The fraction of sp³-hybridized carbons (Fsp3) is 0.318. The Bertz CT molecular complexity index is 989. The number of aryl methyl sites for hydroxylation is 2. The quantitative estimate of drug-likeness (QED) is 0.349. The standard InChI is InChI=1S/C22H27N5O2/c1-17-8-10-18(11-9-17)21-26-19(16-29-21)15-25-22(23-2)24-12-4-6-14-27-13-5-3-7-20(27)28/h3,5,7-11,13,16H,4,6,12,14-15H2,1-2H3,(H2,23,24,25). The minimum absolute atomic E-state index is 0.0376. The SMILES string of the molecule is CN=C(NCCCCn1ccccc1=O)NCc1coc(-c2ccc(C)cc2)n1. The number of guanidine groups is 1. The molecular formula is C22H27N5O2. The van der Waals surface area contributed by atoms with E-state index in [9.17, 15) is 4.79 Å². The van der Waals surface area contributed by atoms with E-state index >= 15 is 0 Å². The van der Waals surface area contributed by atoms with Crippen LogP contribution in [0.4, 0.5) is 0 Å². The number of aromatic nitrogens is 2. The first kappa shape index (κ1) is 20.4. The van der Waals surface area contributed by atoms with E-state index in [0.29, 0.717) is 24.9 Å². The summed E-state index contributed by atoms with van der Waals surface area (Å²) >= 11 is 0. The summed E-state index contributed by atoms with van der Waals surface area (Å²) in [6.45, 7) is 4.06. The highest BCUT2D eigenvalue weighted by Crippen LogP contribution is 2.18. The van der Waals surface area contributed by atoms with E-state index in [2.05, 4.69) is 27.5 Å². The Morgan fingerprint density at radius 3 is 2.72 bits per heavy atom. The molecule has 2 heterocycles. The second kappa shape index (κ2) is 10.3. The zero-order valence-electron chi connectivity index (χ0n) is 16.9. The van der Waals surface area contributed by atoms with Crippen molar-refractivity contribution in [3.05, 3.63) is 76.5 Å². The molecule has 0 bridgehead atoms. The normalized spacial score (nSPS) is 11.4. The van der Waals surface area contributed by atoms with Crippen molar-refractivity contribution in [3.63, 3.8) is 0 Å². The third-order valence-corrected chi connectivity index (χ3v) is 4.53. The van der Waals surface area contributed by atoms with Crippen molar-refractivity contribution in [3.8, 4) is 11.5 Å². The molecule has 0 aliphatic rings. The van der Waals surface area contributed by atoms with Crippen LogP contribution in [0.25, 0.3) is 11.5 Å². The maximum absolute atomic E-state index is 11.7. The van der Waals surface area contributed by atoms with Crippen LogP contribution < -0.4 is 16.2 Å². The summed E-state index contributed by atoms with van der Waals surface area (Å²) in [5.41, 5.74) is 3.01. The minimum Gasteiger partial charge on any atom is -0.444 e. The molecule has 3 rings (SSSR count). The van der Waals surface area contributed by atoms with Crippen molar-refractivity contribution in [2.45, 2.75) is 32.9 Å². The van der Waals surface area contributed by atoms with Gasteiger partial charge in [0.25, 0.3) is 0 Å². The molecule has 2 N–H and O–H groups in total. The van der Waals surface area contributed by atoms with Gasteiger partial charge in [-0.15, -0.1) is 0 Å². The smallest absolute Gasteiger partial charge is 0.250 e. The van der Waals surface area contributed by atoms with Crippen LogP contribution in [0.3, 0.4) is 0 Å². The van der Waals surface area contributed by atoms with E-state index in [0.717, 1.165) is 30.6 Å². The molecule has 0 atom stereocenters. The average Bonchev–Trinajstić information content (AvgIpc) is 3.21. The van der Waals surface area contributed by atoms with Gasteiger partial charge in [-0.2, -0.15) is 0 Å². The van der Waals surface area contributed by atoms with E-state index in [1.54, 1.807) is 30.0 Å². The maximum Gasteiger partial charge on any atom is 0.250 e. The van der Waals surface area contributed by atoms with E-state index in [1.807, 2.05) is 36.5 Å². The van der Waals surface area contributed by atoms with E-state index < -0.39 is 0 Å². The highest BCUT2D eigenvalue weighted by molar-refractivity contribution is 5.79. The van der Waals surface area contributed by atoms with Crippen LogP contribution in [0, 0.1) is 6.92 Å². The van der Waals surface area contributed by atoms with Crippen LogP contribution in [0.5, 0.6) is 0 Å². The third-order valence-electron chi connectivity index (χ3n) is 4.53. The fourth-order valence-corrected chi connectivity index (χ4v) is 2.87. The van der Waals surface area contributed by atoms with Crippen LogP contribution >= 0.6 is 0 Å². The monoisotopic (exact) mass is 393 g/mol. The second-order valence-corrected chi connectivity index (χ2v) is 6.80. The fourth-order valence-electron chi connectivity index (χ4n) is 2.87. The Hall–Kier alpha value is -3.35. The molecule has 0 aliphatic carbocycles. The number of hydrogen-bond acceptors (Lipinski definition) is 4. The summed E-state index contributed by atoms with van der Waals surface area (Å²) in [6, 6.07) is 13.3. The predicted molar refractivity (Wildman–Crippen MR) is 115 cm³/mol. The lowest BCUT2D eigenvalue weighted by Gasteiger charge is -2.11. The Morgan fingerprint density at radius 1 is 1.14 bits per heavy atom. The lowest BCUT2D eigenvalue weighted by atomic mass is 10.1. The molecule has 0 amide bonds. The number of pyridine rings is 1. The highest BCUT2D eigenvalue weighted by Gasteiger charge is 2.07. The zero-order chi connectivity index (χ0) is 20.5. The topological polar surface area (TPSA) is 84.5 Å². The summed E-state index contributed by atoms with van der Waals surface area (Å²) in [7, 11) is 1.74. The first-order chi connectivity index (χ1) is 14.2. The van der Waals surface area contributed by atoms with Crippen molar-refractivity contribution >= 4 is 5.96 Å². The van der Waals surface area contributed by atoms with Gasteiger partial charge in [0.15, 0.2) is 5.96 Å². The van der Waals surface area contributed by atoms with Gasteiger partial charge in [0, 0.05) is 38.0 Å². The van der Waals surface area contributed by atoms with Crippen molar-refractivity contribution in [2.24, 2.45) is 4.99 Å². The number of nitrogens with one attached hydrogen (secondary N) is 2. The van der Waals surface area contributed by atoms with Gasteiger partial charge in [0.05, 0.1) is 12.2 Å². The number of benzene rings is 1. The van der Waals surface area contributed by atoms with Crippen molar-refractivity contribution in [1.82, 2.24) is 20.2 Å². The number of hydrogen-bond donors (Lipinski definition) is 2. The number of unbranched alkanes of at least 4 members (excludes halogenated alkanes) is 1. The Morgan fingerprint density at radius 2 is 1.97 bits per heavy atom. The van der Waals surface area contributed by atoms with E-state index in [4.69, 9.17) is 4.42 Å². The molecule has 7 heteroatoms. The summed E-state index contributed by atoms with van der Waals surface area (Å²) in [5, 5.41) is 6.52. The molecule has 1 aromatic carbocycles. The molecule has 0 saturated heterocycles. The molecular weight excluding hydrogens is 366 g/mol. The zero-order valence-corrected chi connectivity index (χ0v) is 16.9. The van der Waals surface area contributed by atoms with Gasteiger partial charge in [-0.05, 0) is 38.0 Å². The van der Waals surface area contributed by atoms with E-state index in [1.165, 1.54) is 5.56 Å². The van der Waals surface area contributed by atoms with Gasteiger partial charge < -0.3 is 19.6 Å². The molecule has 7 nitrogen and oxygen atoms in total. The van der Waals surface area contributed by atoms with Gasteiger partial charge in [0.1, 0.15) is 6.26 Å². The van der Waals surface area contributed by atoms with Crippen molar-refractivity contribution < 1.29 is 4.42 Å². The highest BCUT2D eigenvalue weighted by atomic mass is 16.3. The van der Waals surface area contributed by atoms with Gasteiger partial charge >= 0.3 is 0 Å². The van der Waals surface area contributed by atoms with Crippen LogP contribution in [0.15, 0.2) is 69.1 Å². The second-order valence-electron chi connectivity index (χ2n) is 6.80. The Labute approximate surface area is 170 Å². The van der Waals surface area contributed by atoms with Crippen molar-refractivity contribution in [2.75, 3.05) is 13.6 Å². The molecule has 152 valence electrons. The summed E-state index contributed by atoms with van der Waals surface area (Å²) < 4.78 is 7.31. The number of oxazole rings is 1. The molecule has 0 saturated carbocycles. The first-order valence-corrected chi connectivity index (χ1v) is 9.77. The number of rotatable bonds is 8. The van der Waals surface area contributed by atoms with Gasteiger partial charge in [-0.3, -0.25) is 9.79 Å². The number of nitrogens with zero attached hydrogens (tertiary/aromatic N) is 3. The predicted octanol–water partition coefficient (Wildman–Crippen LogP) is 2.96. The molecule has 0 radical (unpaired) electrons. The molecule has 0 aliphatic heterocycles. The number of aliphatic imine (C=N–C) groups is 1. The largest absolute Gasteiger partial charge is 0.444 e. The molecule has 3 aromatic rings. The molecule has 29 heavy (non-hydrogen) atoms. The van der Waals surface area contributed by atoms with Crippen LogP contribution in [0.2, 0.25) is 0 Å². The lowest BCUT2D eigenvalue weighted by molar-refractivity contribution is 0.571. The summed E-state index contributed by atoms with van der Waals surface area (Å²) in [4.78, 5) is 20.4. The van der Waals surface area contributed by atoms with Crippen LogP contribution in [0.1, 0.15) is 24.1 Å². The van der Waals surface area contributed by atoms with Gasteiger partial charge in [-0.25, -0.2) is 4.98 Å². The summed E-state index contributed by atoms with van der Waals surface area (Å²) in [6.07, 6.45) is 5.33. The molecule has 0 unspecified atom stereocenters. The molecule has 0 fully saturated rings. The molecule has 2 aromatic heterocycles. The average molecular weight is 393 g/mol. The first-order valence-electron chi connectivity index (χ1n) is 9.77. The third kappa shape index (κ3) is 6.07. The minimum atomic E-state index is 0.0376. The maximum atomic E-state index is 11.7.